The summed E-state index contributed by atoms with van der Waals surface area (Å²) < 4.78 is 5.59. The molecule has 1 fully saturated rings. The van der Waals surface area contributed by atoms with Crippen molar-refractivity contribution in [3.8, 4) is 0 Å². The number of carbonyl (C=O) groups excluding carboxylic acids is 2. The second-order valence-electron chi connectivity index (χ2n) is 7.62. The minimum atomic E-state index is -0.299. The van der Waals surface area contributed by atoms with E-state index in [0.717, 1.165) is 30.5 Å². The van der Waals surface area contributed by atoms with Gasteiger partial charge in [-0.1, -0.05) is 37.3 Å². The number of rotatable bonds is 5. The molecule has 1 saturated heterocycles. The molecule has 0 saturated carbocycles. The van der Waals surface area contributed by atoms with Gasteiger partial charge in [-0.3, -0.25) is 9.59 Å². The number of fused-ring (bicyclic) bond motifs is 1. The van der Waals surface area contributed by atoms with E-state index in [1.165, 1.54) is 0 Å². The third kappa shape index (κ3) is 4.66. The maximum atomic E-state index is 12.4. The van der Waals surface area contributed by atoms with Crippen LogP contribution < -0.4 is 16.0 Å². The Morgan fingerprint density at radius 1 is 1.14 bits per heavy atom. The van der Waals surface area contributed by atoms with Crippen molar-refractivity contribution in [3.05, 3.63) is 65.9 Å². The minimum absolute atomic E-state index is 0.0304. The smallest absolute Gasteiger partial charge is 0.291 e. The summed E-state index contributed by atoms with van der Waals surface area (Å²) in [5, 5.41) is 10.2. The van der Waals surface area contributed by atoms with Crippen molar-refractivity contribution in [1.82, 2.24) is 10.6 Å². The van der Waals surface area contributed by atoms with E-state index in [1.54, 1.807) is 18.2 Å². The summed E-state index contributed by atoms with van der Waals surface area (Å²) in [6.45, 7) is 4.02. The molecule has 6 heteroatoms. The first-order chi connectivity index (χ1) is 14.1. The van der Waals surface area contributed by atoms with Crippen molar-refractivity contribution in [2.45, 2.75) is 25.8 Å². The molecule has 1 aliphatic heterocycles. The van der Waals surface area contributed by atoms with E-state index in [1.807, 2.05) is 36.4 Å². The van der Waals surface area contributed by atoms with Crippen LogP contribution in [0.5, 0.6) is 0 Å². The molecule has 0 aliphatic carbocycles. The van der Waals surface area contributed by atoms with Gasteiger partial charge in [0.25, 0.3) is 5.91 Å². The standard InChI is InChI=1S/C23H25N3O3/c1-15-14-24-11-10-19(15)26-22(27)12-16-6-8-18(9-7-16)25-23(28)21-13-17-4-2-3-5-20(17)29-21/h2-9,13,15,19,24H,10-12,14H2,1H3,(H,25,28)(H,26,27). The normalized spacial score (nSPS) is 19.1. The molecule has 0 radical (unpaired) electrons. The lowest BCUT2D eigenvalue weighted by Crippen LogP contribution is -2.48. The highest BCUT2D eigenvalue weighted by Gasteiger charge is 2.22. The molecule has 0 bridgehead atoms. The lowest BCUT2D eigenvalue weighted by molar-refractivity contribution is -0.121. The second-order valence-corrected chi connectivity index (χ2v) is 7.62. The molecule has 2 amide bonds. The maximum Gasteiger partial charge on any atom is 0.291 e. The predicted octanol–water partition coefficient (Wildman–Crippen LogP) is 3.34. The molecule has 0 spiro atoms. The summed E-state index contributed by atoms with van der Waals surface area (Å²) in [7, 11) is 0. The molecule has 2 aromatic carbocycles. The van der Waals surface area contributed by atoms with Crippen LogP contribution in [0.25, 0.3) is 11.0 Å². The van der Waals surface area contributed by atoms with Crippen LogP contribution in [0.4, 0.5) is 5.69 Å². The van der Waals surface area contributed by atoms with E-state index in [2.05, 4.69) is 22.9 Å². The molecule has 150 valence electrons. The fraction of sp³-hybridized carbons (Fsp3) is 0.304. The van der Waals surface area contributed by atoms with Gasteiger partial charge in [0.2, 0.25) is 5.91 Å². The highest BCUT2D eigenvalue weighted by Crippen LogP contribution is 2.20. The summed E-state index contributed by atoms with van der Waals surface area (Å²) in [4.78, 5) is 24.8. The summed E-state index contributed by atoms with van der Waals surface area (Å²) in [5.74, 6) is 0.434. The van der Waals surface area contributed by atoms with Crippen LogP contribution >= 0.6 is 0 Å². The number of nitrogens with one attached hydrogen (secondary N) is 3. The maximum absolute atomic E-state index is 12.4. The number of carbonyl (C=O) groups is 2. The lowest BCUT2D eigenvalue weighted by Gasteiger charge is -2.30. The van der Waals surface area contributed by atoms with Crippen molar-refractivity contribution in [2.24, 2.45) is 5.92 Å². The minimum Gasteiger partial charge on any atom is -0.451 e. The average molecular weight is 391 g/mol. The van der Waals surface area contributed by atoms with Gasteiger partial charge in [0.05, 0.1) is 6.42 Å². The quantitative estimate of drug-likeness (QED) is 0.623. The average Bonchev–Trinajstić information content (AvgIpc) is 3.16. The first kappa shape index (κ1) is 19.2. The molecule has 4 rings (SSSR count). The zero-order valence-electron chi connectivity index (χ0n) is 16.4. The van der Waals surface area contributed by atoms with Gasteiger partial charge < -0.3 is 20.4 Å². The Kier molecular flexibility index (Phi) is 5.62. The Balaban J connectivity index is 1.33. The first-order valence-corrected chi connectivity index (χ1v) is 9.97. The number of furan rings is 1. The van der Waals surface area contributed by atoms with Crippen LogP contribution in [0, 0.1) is 5.92 Å². The van der Waals surface area contributed by atoms with Gasteiger partial charge in [0, 0.05) is 17.1 Å². The van der Waals surface area contributed by atoms with Gasteiger partial charge in [-0.25, -0.2) is 0 Å². The molecule has 2 unspecified atom stereocenters. The highest BCUT2D eigenvalue weighted by atomic mass is 16.3. The van der Waals surface area contributed by atoms with E-state index in [-0.39, 0.29) is 23.6 Å². The fourth-order valence-corrected chi connectivity index (χ4v) is 3.66. The number of hydrogen-bond acceptors (Lipinski definition) is 4. The molecule has 6 nitrogen and oxygen atoms in total. The zero-order valence-corrected chi connectivity index (χ0v) is 16.4. The lowest BCUT2D eigenvalue weighted by atomic mass is 9.95. The van der Waals surface area contributed by atoms with Gasteiger partial charge >= 0.3 is 0 Å². The number of piperidine rings is 1. The summed E-state index contributed by atoms with van der Waals surface area (Å²) in [6, 6.07) is 16.8. The highest BCUT2D eigenvalue weighted by molar-refractivity contribution is 6.04. The number of amides is 2. The molecule has 1 aliphatic rings. The van der Waals surface area contributed by atoms with Gasteiger partial charge in [-0.05, 0) is 55.3 Å². The summed E-state index contributed by atoms with van der Waals surface area (Å²) in [6.07, 6.45) is 1.29. The predicted molar refractivity (Wildman–Crippen MR) is 113 cm³/mol. The van der Waals surface area contributed by atoms with Crippen LogP contribution in [0.2, 0.25) is 0 Å². The third-order valence-corrected chi connectivity index (χ3v) is 5.36. The molecule has 29 heavy (non-hydrogen) atoms. The van der Waals surface area contributed by atoms with Crippen LogP contribution in [-0.4, -0.2) is 30.9 Å². The molecule has 1 aromatic heterocycles. The number of hydrogen-bond donors (Lipinski definition) is 3. The van der Waals surface area contributed by atoms with Crippen LogP contribution in [0.1, 0.15) is 29.5 Å². The van der Waals surface area contributed by atoms with Crippen LogP contribution in [0.15, 0.2) is 59.0 Å². The number of anilines is 1. The van der Waals surface area contributed by atoms with Crippen molar-refractivity contribution >= 4 is 28.5 Å². The van der Waals surface area contributed by atoms with Gasteiger partial charge in [0.1, 0.15) is 5.58 Å². The monoisotopic (exact) mass is 391 g/mol. The van der Waals surface area contributed by atoms with E-state index >= 15 is 0 Å². The Morgan fingerprint density at radius 2 is 1.93 bits per heavy atom. The Bertz CT molecular complexity index is 977. The van der Waals surface area contributed by atoms with Gasteiger partial charge in [0.15, 0.2) is 5.76 Å². The number of benzene rings is 2. The van der Waals surface area contributed by atoms with Crippen molar-refractivity contribution in [1.29, 1.82) is 0 Å². The first-order valence-electron chi connectivity index (χ1n) is 9.97. The molecule has 2 atom stereocenters. The van der Waals surface area contributed by atoms with Crippen LogP contribution in [0.3, 0.4) is 0 Å². The van der Waals surface area contributed by atoms with E-state index < -0.39 is 0 Å². The summed E-state index contributed by atoms with van der Waals surface area (Å²) >= 11 is 0. The molecule has 3 aromatic rings. The SMILES string of the molecule is CC1CNCCC1NC(=O)Cc1ccc(NC(=O)c2cc3ccccc3o2)cc1. The molecular weight excluding hydrogens is 366 g/mol. The van der Waals surface area contributed by atoms with Gasteiger partial charge in [-0.2, -0.15) is 0 Å². The number of para-hydroxylation sites is 1. The van der Waals surface area contributed by atoms with Gasteiger partial charge in [-0.15, -0.1) is 0 Å². The van der Waals surface area contributed by atoms with E-state index in [4.69, 9.17) is 4.42 Å². The molecule has 3 N–H and O–H groups in total. The van der Waals surface area contributed by atoms with Crippen molar-refractivity contribution in [2.75, 3.05) is 18.4 Å². The Morgan fingerprint density at radius 3 is 2.69 bits per heavy atom. The Hall–Kier alpha value is -3.12. The largest absolute Gasteiger partial charge is 0.451 e. The van der Waals surface area contributed by atoms with Crippen molar-refractivity contribution in [3.63, 3.8) is 0 Å². The van der Waals surface area contributed by atoms with E-state index in [0.29, 0.717) is 23.6 Å². The molecule has 2 heterocycles. The zero-order chi connectivity index (χ0) is 20.2. The molecular formula is C23H25N3O3. The Labute approximate surface area is 169 Å². The topological polar surface area (TPSA) is 83.4 Å². The van der Waals surface area contributed by atoms with E-state index in [9.17, 15) is 9.59 Å². The summed E-state index contributed by atoms with van der Waals surface area (Å²) in [5.41, 5.74) is 2.25. The van der Waals surface area contributed by atoms with Crippen LogP contribution in [-0.2, 0) is 11.2 Å². The third-order valence-electron chi connectivity index (χ3n) is 5.36. The second kappa shape index (κ2) is 8.49. The fourth-order valence-electron chi connectivity index (χ4n) is 3.66. The van der Waals surface area contributed by atoms with Crippen molar-refractivity contribution < 1.29 is 14.0 Å².